The number of nitrogens with one attached hydrogen (secondary N) is 1. The van der Waals surface area contributed by atoms with E-state index in [1.807, 2.05) is 12.2 Å². The van der Waals surface area contributed by atoms with Crippen molar-refractivity contribution >= 4 is 46.7 Å². The number of likely N-dealkylation sites (tertiary alicyclic amines) is 2. The topological polar surface area (TPSA) is 69.7 Å². The maximum atomic E-state index is 12.5. The molecule has 0 saturated carbocycles. The molecule has 1 aromatic carbocycles. The molecule has 4 rings (SSSR count). The minimum Gasteiger partial charge on any atom is -0.320 e. The minimum atomic E-state index is -0.294. The molecule has 3 aliphatic rings. The molecule has 0 bridgehead atoms. The smallest absolute Gasteiger partial charge is 0.320 e. The molecule has 1 N–H and O–H groups in total. The first-order valence-corrected chi connectivity index (χ1v) is 9.24. The molecule has 1 aliphatic carbocycles. The molecule has 2 fully saturated rings. The van der Waals surface area contributed by atoms with E-state index in [2.05, 4.69) is 5.32 Å². The zero-order valence-corrected chi connectivity index (χ0v) is 15.3. The van der Waals surface area contributed by atoms with Crippen LogP contribution in [0, 0.1) is 11.8 Å². The number of halogens is 2. The van der Waals surface area contributed by atoms with E-state index in [0.29, 0.717) is 41.7 Å². The van der Waals surface area contributed by atoms with E-state index in [-0.39, 0.29) is 35.7 Å². The molecule has 0 spiro atoms. The Kier molecular flexibility index (Phi) is 4.40. The lowest BCUT2D eigenvalue weighted by Gasteiger charge is -2.43. The first-order valence-electron chi connectivity index (χ1n) is 8.48. The number of carbonyl (C=O) groups is 3. The number of nitrogens with zero attached hydrogens (tertiary/aromatic N) is 2. The summed E-state index contributed by atoms with van der Waals surface area (Å²) in [6.07, 6.45) is 5.18. The zero-order valence-electron chi connectivity index (χ0n) is 13.8. The lowest BCUT2D eigenvalue weighted by atomic mass is 9.85. The van der Waals surface area contributed by atoms with Crippen LogP contribution in [0.2, 0.25) is 10.0 Å². The van der Waals surface area contributed by atoms with E-state index < -0.39 is 0 Å². The van der Waals surface area contributed by atoms with Crippen LogP contribution in [0.5, 0.6) is 0 Å². The summed E-state index contributed by atoms with van der Waals surface area (Å²) in [5.74, 6) is -0.657. The van der Waals surface area contributed by atoms with E-state index >= 15 is 0 Å². The summed E-state index contributed by atoms with van der Waals surface area (Å²) in [6, 6.07) is 4.31. The van der Waals surface area contributed by atoms with Crippen molar-refractivity contribution in [2.24, 2.45) is 11.8 Å². The van der Waals surface area contributed by atoms with Crippen molar-refractivity contribution in [3.8, 4) is 0 Å². The Morgan fingerprint density at radius 3 is 2.19 bits per heavy atom. The van der Waals surface area contributed by atoms with Gasteiger partial charge < -0.3 is 10.2 Å². The minimum absolute atomic E-state index is 0.0982. The second-order valence-electron chi connectivity index (χ2n) is 6.82. The molecule has 2 heterocycles. The summed E-state index contributed by atoms with van der Waals surface area (Å²) < 4.78 is 0. The highest BCUT2D eigenvalue weighted by Crippen LogP contribution is 2.37. The molecular formula is C18H17Cl2N3O3. The monoisotopic (exact) mass is 393 g/mol. The van der Waals surface area contributed by atoms with Gasteiger partial charge in [-0.2, -0.15) is 0 Å². The number of hydrogen-bond donors (Lipinski definition) is 1. The molecule has 26 heavy (non-hydrogen) atoms. The Morgan fingerprint density at radius 2 is 1.62 bits per heavy atom. The molecule has 0 unspecified atom stereocenters. The van der Waals surface area contributed by atoms with Crippen LogP contribution < -0.4 is 5.32 Å². The van der Waals surface area contributed by atoms with Gasteiger partial charge in [0.05, 0.1) is 27.9 Å². The van der Waals surface area contributed by atoms with Gasteiger partial charge in [-0.3, -0.25) is 14.5 Å². The van der Waals surface area contributed by atoms with Crippen molar-refractivity contribution < 1.29 is 14.4 Å². The number of hydrogen-bond acceptors (Lipinski definition) is 3. The maximum Gasteiger partial charge on any atom is 0.321 e. The van der Waals surface area contributed by atoms with Gasteiger partial charge in [0, 0.05) is 18.8 Å². The number of allylic oxidation sites excluding steroid dienone is 2. The van der Waals surface area contributed by atoms with E-state index in [1.165, 1.54) is 4.90 Å². The molecule has 1 aromatic rings. The highest BCUT2D eigenvalue weighted by molar-refractivity contribution is 6.42. The highest BCUT2D eigenvalue weighted by Gasteiger charge is 2.52. The summed E-state index contributed by atoms with van der Waals surface area (Å²) in [7, 11) is 0. The molecule has 0 radical (unpaired) electrons. The number of carbonyl (C=O) groups excluding carboxylic acids is 3. The normalized spacial score (nSPS) is 25.3. The lowest BCUT2D eigenvalue weighted by molar-refractivity contribution is -0.145. The largest absolute Gasteiger partial charge is 0.321 e. The summed E-state index contributed by atoms with van der Waals surface area (Å²) in [5, 5.41) is 3.51. The Balaban J connectivity index is 1.36. The fourth-order valence-corrected chi connectivity index (χ4v) is 4.04. The number of anilines is 1. The Labute approximate surface area is 160 Å². The highest BCUT2D eigenvalue weighted by atomic mass is 35.5. The van der Waals surface area contributed by atoms with Crippen LogP contribution >= 0.6 is 23.2 Å². The standard InChI is InChI=1S/C18H17Cl2N3O3/c19-14-6-5-10(7-15(14)20)21-18(26)22-8-11(9-22)23-16(24)12-3-1-2-4-13(12)17(23)25/h1-2,5-7,11-13H,3-4,8-9H2,(H,21,26)/t12-,13-/m1/s1. The van der Waals surface area contributed by atoms with Crippen molar-refractivity contribution in [1.29, 1.82) is 0 Å². The quantitative estimate of drug-likeness (QED) is 0.619. The van der Waals surface area contributed by atoms with Crippen molar-refractivity contribution in [2.45, 2.75) is 18.9 Å². The third-order valence-electron chi connectivity index (χ3n) is 5.23. The summed E-state index contributed by atoms with van der Waals surface area (Å²) in [6.45, 7) is 0.689. The van der Waals surface area contributed by atoms with Gasteiger partial charge >= 0.3 is 6.03 Å². The van der Waals surface area contributed by atoms with Gasteiger partial charge in [-0.05, 0) is 31.0 Å². The third kappa shape index (κ3) is 2.87. The van der Waals surface area contributed by atoms with E-state index in [9.17, 15) is 14.4 Å². The Hall–Kier alpha value is -2.05. The van der Waals surface area contributed by atoms with Crippen LogP contribution in [-0.4, -0.2) is 46.8 Å². The van der Waals surface area contributed by atoms with Gasteiger partial charge in [0.1, 0.15) is 0 Å². The Bertz CT molecular complexity index is 794. The van der Waals surface area contributed by atoms with Crippen molar-refractivity contribution in [2.75, 3.05) is 18.4 Å². The molecule has 2 atom stereocenters. The predicted molar refractivity (Wildman–Crippen MR) is 98.0 cm³/mol. The first-order chi connectivity index (χ1) is 12.5. The average Bonchev–Trinajstić information content (AvgIpc) is 2.83. The lowest BCUT2D eigenvalue weighted by Crippen LogP contribution is -2.63. The van der Waals surface area contributed by atoms with Crippen LogP contribution in [-0.2, 0) is 9.59 Å². The zero-order chi connectivity index (χ0) is 18.4. The van der Waals surface area contributed by atoms with E-state index in [1.54, 1.807) is 23.1 Å². The molecule has 2 saturated heterocycles. The second kappa shape index (κ2) is 6.59. The summed E-state index contributed by atoms with van der Waals surface area (Å²) >= 11 is 11.8. The third-order valence-corrected chi connectivity index (χ3v) is 5.97. The molecule has 2 aliphatic heterocycles. The number of imide groups is 1. The van der Waals surface area contributed by atoms with Crippen LogP contribution in [0.15, 0.2) is 30.4 Å². The van der Waals surface area contributed by atoms with Crippen LogP contribution in [0.25, 0.3) is 0 Å². The fourth-order valence-electron chi connectivity index (χ4n) is 3.75. The van der Waals surface area contributed by atoms with Crippen LogP contribution in [0.4, 0.5) is 10.5 Å². The van der Waals surface area contributed by atoms with Crippen molar-refractivity contribution in [1.82, 2.24) is 9.80 Å². The van der Waals surface area contributed by atoms with Crippen LogP contribution in [0.1, 0.15) is 12.8 Å². The van der Waals surface area contributed by atoms with Crippen molar-refractivity contribution in [3.05, 3.63) is 40.4 Å². The van der Waals surface area contributed by atoms with Gasteiger partial charge in [0.15, 0.2) is 0 Å². The molecule has 4 amide bonds. The fraction of sp³-hybridized carbons (Fsp3) is 0.389. The van der Waals surface area contributed by atoms with Crippen molar-refractivity contribution in [3.63, 3.8) is 0 Å². The number of benzene rings is 1. The number of fused-ring (bicyclic) bond motifs is 1. The number of urea groups is 1. The summed E-state index contributed by atoms with van der Waals surface area (Å²) in [5.41, 5.74) is 0.540. The molecule has 6 nitrogen and oxygen atoms in total. The van der Waals surface area contributed by atoms with Gasteiger partial charge in [-0.15, -0.1) is 0 Å². The average molecular weight is 394 g/mol. The van der Waals surface area contributed by atoms with E-state index in [0.717, 1.165) is 0 Å². The van der Waals surface area contributed by atoms with Gasteiger partial charge in [0.2, 0.25) is 11.8 Å². The first kappa shape index (κ1) is 17.4. The van der Waals surface area contributed by atoms with Gasteiger partial charge in [-0.25, -0.2) is 4.79 Å². The molecular weight excluding hydrogens is 377 g/mol. The summed E-state index contributed by atoms with van der Waals surface area (Å²) in [4.78, 5) is 40.3. The van der Waals surface area contributed by atoms with Crippen LogP contribution in [0.3, 0.4) is 0 Å². The van der Waals surface area contributed by atoms with E-state index in [4.69, 9.17) is 23.2 Å². The number of amides is 4. The molecule has 0 aromatic heterocycles. The SMILES string of the molecule is O=C(Nc1ccc(Cl)c(Cl)c1)N1CC(N2C(=O)[C@@H]3CC=CC[C@H]3C2=O)C1. The molecule has 8 heteroatoms. The molecule has 136 valence electrons. The predicted octanol–water partition coefficient (Wildman–Crippen LogP) is 3.16. The van der Waals surface area contributed by atoms with Gasteiger partial charge in [-0.1, -0.05) is 35.4 Å². The van der Waals surface area contributed by atoms with Gasteiger partial charge in [0.25, 0.3) is 0 Å². The maximum absolute atomic E-state index is 12.5. The Morgan fingerprint density at radius 1 is 1.00 bits per heavy atom. The number of rotatable bonds is 2. The second-order valence-corrected chi connectivity index (χ2v) is 7.63.